The first kappa shape index (κ1) is 97.1. The minimum Gasteiger partial charge on any atom is -0.478 e. The van der Waals surface area contributed by atoms with Gasteiger partial charge in [-0.05, 0) is 147 Å². The number of aromatic amines is 3. The number of anilines is 7. The average Bonchev–Trinajstić information content (AvgIpc) is 1.60. The van der Waals surface area contributed by atoms with E-state index in [9.17, 15) is 43.5 Å². The van der Waals surface area contributed by atoms with Crippen molar-refractivity contribution in [2.24, 2.45) is 11.5 Å². The molecule has 0 saturated heterocycles. The number of carbonyl (C=O) groups is 8. The minimum atomic E-state index is -1.06. The lowest BCUT2D eigenvalue weighted by Gasteiger charge is -2.17. The van der Waals surface area contributed by atoms with Gasteiger partial charge in [-0.3, -0.25) is 63.4 Å². The normalized spacial score (nSPS) is 12.7. The molecule has 4 amide bonds. The number of esters is 1. The molecule has 0 spiro atoms. The van der Waals surface area contributed by atoms with E-state index in [0.717, 1.165) is 73.6 Å². The van der Waals surface area contributed by atoms with Gasteiger partial charge in [0, 0.05) is 123 Å². The van der Waals surface area contributed by atoms with Gasteiger partial charge >= 0.3 is 17.9 Å². The predicted octanol–water partition coefficient (Wildman–Crippen LogP) is 9.45. The van der Waals surface area contributed by atoms with E-state index in [2.05, 4.69) is 118 Å². The van der Waals surface area contributed by atoms with E-state index in [1.807, 2.05) is 43.3 Å². The number of carbonyl (C=O) groups excluding carboxylic acids is 6. The lowest BCUT2D eigenvalue weighted by Crippen LogP contribution is -2.34. The second kappa shape index (κ2) is 47.4. The summed E-state index contributed by atoms with van der Waals surface area (Å²) in [5.74, 6) is -2.28. The number of nitrogen functional groups attached to an aromatic ring is 4. The Morgan fingerprint density at radius 3 is 1.32 bits per heavy atom. The quantitative estimate of drug-likeness (QED) is 0.0110. The monoisotopic (exact) mass is 1810 g/mol. The lowest BCUT2D eigenvalue weighted by molar-refractivity contribution is -0.142. The summed E-state index contributed by atoms with van der Waals surface area (Å²) < 4.78 is 4.74. The summed E-state index contributed by atoms with van der Waals surface area (Å²) >= 11 is 30.2. The van der Waals surface area contributed by atoms with E-state index in [-0.39, 0.29) is 122 Å². The Hall–Kier alpha value is -13.3. The van der Waals surface area contributed by atoms with Crippen LogP contribution in [0.1, 0.15) is 143 Å². The highest BCUT2D eigenvalue weighted by molar-refractivity contribution is 6.42. The van der Waals surface area contributed by atoms with Crippen LogP contribution < -0.4 is 54.4 Å². The number of ether oxygens (including phenoxy) is 1. The van der Waals surface area contributed by atoms with Crippen LogP contribution in [0.4, 0.5) is 41.2 Å². The first-order valence-corrected chi connectivity index (χ1v) is 40.4. The van der Waals surface area contributed by atoms with Crippen molar-refractivity contribution < 1.29 is 53.3 Å². The van der Waals surface area contributed by atoms with Gasteiger partial charge in [-0.1, -0.05) is 85.7 Å². The smallest absolute Gasteiger partial charge is 0.337 e. The molecule has 0 atom stereocenters. The number of aromatic carboxylic acids is 2. The summed E-state index contributed by atoms with van der Waals surface area (Å²) in [6.45, 7) is 22.7. The number of fused-ring (bicyclic) bond motifs is 3. The van der Waals surface area contributed by atoms with E-state index >= 15 is 0 Å². The largest absolute Gasteiger partial charge is 0.478 e. The number of hydrogen-bond donors (Lipinski definition) is 12. The van der Waals surface area contributed by atoms with Gasteiger partial charge in [0.1, 0.15) is 31.6 Å². The molecule has 11 aromatic rings. The number of H-pyrrole nitrogens is 3. The highest BCUT2D eigenvalue weighted by Crippen LogP contribution is 2.44. The second-order valence-corrected chi connectivity index (χ2v) is 28.6. The van der Waals surface area contributed by atoms with Crippen LogP contribution in [-0.4, -0.2) is 202 Å². The van der Waals surface area contributed by atoms with Crippen LogP contribution in [0.25, 0.3) is 23.3 Å². The standard InChI is InChI=1S/C25H29ClN8O2.C19H15ClN6O3.C12H10ClN5O.C8H9Cl2N3O2.C6H8N2.C6H16N2.C6H5NO3/c1-4-33(5-2)11-10-29-23(35)18-13-30-19(15(18)3)12-17-20-21(26)31-25(27)32-22(20)34(24(17)36)14-16-6-8-28-9-7-16;1-9-12(18(28)29)7-23-13(9)6-11-14-15(20)24-19(21)25-16(14)26(17(11)27)8-10-2-4-22-5-3-10;13-10-8-5-9(19)18(11(8)17-12(14)16-10)6-7-1-3-15-4-2-7;1-2-15-5(14)3-4-6(9)12-8(11)13-7(4)10;7-5-6-1-3-8-4-2-6;1-3-8(4-2)6-5-7;8-3-5-1-4(2-7-5)6(9)10/h6-9,12-13,30H,4-5,10-11,14H2,1-3H3,(H,29,35)(H2,27,31,32);2-7,23H,8H2,1H3,(H,28,29)(H2,21,24,25);1-4H,5-6H2,(H2,14,16,17);2-3H2,1H3,(H2,11,12,13);1-4H,5,7H2;3-7H2,1-2H3;1-3,7H,(H,9,10)/b17-12-;11-6-;;;;;. The van der Waals surface area contributed by atoms with E-state index in [4.69, 9.17) is 102 Å². The number of aromatic nitrogens is 15. The molecule has 0 unspecified atom stereocenters. The number of rotatable bonds is 25. The highest BCUT2D eigenvalue weighted by Gasteiger charge is 2.40. The van der Waals surface area contributed by atoms with Crippen LogP contribution in [0.3, 0.4) is 0 Å². The Morgan fingerprint density at radius 1 is 0.528 bits per heavy atom. The van der Waals surface area contributed by atoms with Crippen LogP contribution in [0.5, 0.6) is 0 Å². The minimum absolute atomic E-state index is 0.0211. The van der Waals surface area contributed by atoms with Crippen LogP contribution in [0.15, 0.2) is 123 Å². The molecular weight excluding hydrogens is 1720 g/mol. The van der Waals surface area contributed by atoms with Gasteiger partial charge in [0.15, 0.2) is 17.9 Å². The van der Waals surface area contributed by atoms with E-state index < -0.39 is 17.9 Å². The van der Waals surface area contributed by atoms with Crippen molar-refractivity contribution in [3.63, 3.8) is 0 Å². The number of carboxylic acid groups (broad SMARTS) is 2. The van der Waals surface area contributed by atoms with Crippen molar-refractivity contribution in [1.82, 2.24) is 89.9 Å². The number of hydrogen-bond acceptors (Lipinski definition) is 29. The number of pyridine rings is 4. The van der Waals surface area contributed by atoms with Crippen molar-refractivity contribution >= 4 is 170 Å². The van der Waals surface area contributed by atoms with Crippen molar-refractivity contribution in [1.29, 1.82) is 0 Å². The molecule has 0 radical (unpaired) electrons. The van der Waals surface area contributed by atoms with Crippen molar-refractivity contribution in [3.05, 3.63) is 238 Å². The molecule has 14 rings (SSSR count). The maximum absolute atomic E-state index is 13.5. The van der Waals surface area contributed by atoms with Crippen LogP contribution in [-0.2, 0) is 62.9 Å². The number of aldehydes is 1. The molecule has 0 aromatic carbocycles. The molecule has 656 valence electrons. The van der Waals surface area contributed by atoms with E-state index in [1.54, 1.807) is 98.8 Å². The van der Waals surface area contributed by atoms with Gasteiger partial charge in [-0.25, -0.2) is 34.5 Å². The molecule has 18 N–H and O–H groups in total. The Morgan fingerprint density at radius 2 is 0.936 bits per heavy atom. The summed E-state index contributed by atoms with van der Waals surface area (Å²) in [5.41, 5.74) is 42.6. The van der Waals surface area contributed by atoms with E-state index in [0.29, 0.717) is 100 Å². The zero-order valence-corrected chi connectivity index (χ0v) is 72.7. The van der Waals surface area contributed by atoms with Crippen molar-refractivity contribution in [2.75, 3.05) is 96.6 Å². The van der Waals surface area contributed by atoms with E-state index in [1.165, 1.54) is 28.3 Å². The molecule has 38 nitrogen and oxygen atoms in total. The molecule has 125 heavy (non-hydrogen) atoms. The zero-order valence-electron chi connectivity index (χ0n) is 68.9. The third-order valence-corrected chi connectivity index (χ3v) is 20.3. The Labute approximate surface area is 742 Å². The number of amides is 4. The SMILES string of the molecule is CCN(CC)CCN.CCN(CC)CCNC(=O)c1c[nH]c(/C=C2\C(=O)N(Cc3ccncc3)c3nc(N)nc(Cl)c32)c1C.CCOC(=O)Cc1c(Cl)nc(N)nc1Cl.Cc1c(C(=O)O)c[nH]c1/C=C1\C(=O)N(Cc2ccncc2)c2nc(N)nc(Cl)c21.NCc1ccncc1.Nc1nc(Cl)c2c(n1)N(Cc1ccncc1)C(=O)C2.O=Cc1cc(C(=O)O)c[nH]1. The Balaban J connectivity index is 0.000000194. The fraction of sp³-hybridized carbons (Fsp3) is 0.268. The number of likely N-dealkylation sites (N-methyl/N-ethyl adjacent to an activating group) is 2. The Kier molecular flexibility index (Phi) is 36.8. The topological polar surface area (TPSA) is 573 Å². The number of nitrogens with zero attached hydrogens (tertiary/aromatic N) is 17. The molecule has 43 heteroatoms. The maximum atomic E-state index is 13.5. The molecular formula is C82H92Cl5N27O11. The summed E-state index contributed by atoms with van der Waals surface area (Å²) in [6, 6.07) is 16.0. The molecule has 0 aliphatic carbocycles. The van der Waals surface area contributed by atoms with Crippen LogP contribution >= 0.6 is 58.0 Å². The maximum Gasteiger partial charge on any atom is 0.337 e. The zero-order chi connectivity index (χ0) is 91.1. The molecule has 3 aliphatic heterocycles. The second-order valence-electron chi connectivity index (χ2n) is 26.8. The third-order valence-electron chi connectivity index (χ3n) is 18.8. The van der Waals surface area contributed by atoms with Crippen LogP contribution in [0.2, 0.25) is 25.8 Å². The number of carboxylic acids is 2. The number of nitrogens with one attached hydrogen (secondary N) is 4. The fourth-order valence-electron chi connectivity index (χ4n) is 12.2. The third kappa shape index (κ3) is 26.6. The van der Waals surface area contributed by atoms with Crippen molar-refractivity contribution in [2.45, 2.75) is 87.5 Å². The summed E-state index contributed by atoms with van der Waals surface area (Å²) in [5, 5.41) is 21.1. The predicted molar refractivity (Wildman–Crippen MR) is 477 cm³/mol. The number of halogens is 5. The first-order valence-electron chi connectivity index (χ1n) is 38.5. The molecule has 3 aliphatic rings. The fourth-order valence-corrected chi connectivity index (χ4v) is 13.5. The lowest BCUT2D eigenvalue weighted by atomic mass is 10.1. The first-order chi connectivity index (χ1) is 59.9. The molecule has 0 saturated carbocycles. The van der Waals surface area contributed by atoms with Gasteiger partial charge < -0.3 is 79.4 Å². The summed E-state index contributed by atoms with van der Waals surface area (Å²) in [6.07, 6.45) is 21.6. The highest BCUT2D eigenvalue weighted by atomic mass is 35.5. The van der Waals surface area contributed by atoms with Gasteiger partial charge in [-0.2, -0.15) is 15.0 Å². The number of nitrogens with two attached hydrogens (primary N) is 6. The summed E-state index contributed by atoms with van der Waals surface area (Å²) in [4.78, 5) is 160. The Bertz CT molecular complexity index is 5620. The van der Waals surface area contributed by atoms with Gasteiger partial charge in [0.25, 0.3) is 17.7 Å². The molecule has 14 heterocycles. The van der Waals surface area contributed by atoms with Gasteiger partial charge in [0.05, 0.1) is 83.7 Å². The molecule has 0 bridgehead atoms. The van der Waals surface area contributed by atoms with Crippen LogP contribution in [0, 0.1) is 13.8 Å². The van der Waals surface area contributed by atoms with Gasteiger partial charge in [0.2, 0.25) is 29.7 Å². The molecule has 11 aromatic heterocycles. The molecule has 0 fully saturated rings. The average molecular weight is 1810 g/mol. The van der Waals surface area contributed by atoms with Gasteiger partial charge in [-0.15, -0.1) is 0 Å². The van der Waals surface area contributed by atoms with Crippen molar-refractivity contribution in [3.8, 4) is 0 Å². The summed E-state index contributed by atoms with van der Waals surface area (Å²) in [7, 11) is 0.